The van der Waals surface area contributed by atoms with Gasteiger partial charge in [-0.15, -0.1) is 0 Å². The van der Waals surface area contributed by atoms with E-state index in [1.54, 1.807) is 32.0 Å². The summed E-state index contributed by atoms with van der Waals surface area (Å²) in [5.74, 6) is 0.388. The zero-order chi connectivity index (χ0) is 14.0. The zero-order valence-electron chi connectivity index (χ0n) is 11.2. The van der Waals surface area contributed by atoms with Crippen LogP contribution in [0, 0.1) is 0 Å². The summed E-state index contributed by atoms with van der Waals surface area (Å²) in [6.07, 6.45) is 1.07. The minimum atomic E-state index is -0.891. The van der Waals surface area contributed by atoms with Gasteiger partial charge in [-0.05, 0) is 45.0 Å². The first-order valence-electron chi connectivity index (χ1n) is 6.32. The summed E-state index contributed by atoms with van der Waals surface area (Å²) in [5.41, 5.74) is 5.60. The Morgan fingerprint density at radius 3 is 2.84 bits per heavy atom. The van der Waals surface area contributed by atoms with Gasteiger partial charge in [-0.3, -0.25) is 9.59 Å². The number of rotatable bonds is 4. The molecule has 0 saturated heterocycles. The molecule has 0 spiro atoms. The van der Waals surface area contributed by atoms with E-state index >= 15 is 0 Å². The van der Waals surface area contributed by atoms with E-state index in [4.69, 9.17) is 10.5 Å². The molecule has 1 aromatic carbocycles. The summed E-state index contributed by atoms with van der Waals surface area (Å²) in [6, 6.07) is 5.08. The minimum absolute atomic E-state index is 0.0207. The maximum Gasteiger partial charge on any atom is 0.268 e. The number of benzene rings is 1. The second-order valence-corrected chi connectivity index (χ2v) is 5.09. The largest absolute Gasteiger partial charge is 0.476 e. The van der Waals surface area contributed by atoms with Crippen LogP contribution in [-0.4, -0.2) is 23.8 Å². The average Bonchev–Trinajstić information content (AvgIpc) is 2.36. The number of hydrogen-bond donors (Lipinski definition) is 2. The maximum absolute atomic E-state index is 11.9. The molecule has 3 N–H and O–H groups in total. The predicted molar refractivity (Wildman–Crippen MR) is 72.4 cm³/mol. The minimum Gasteiger partial charge on any atom is -0.476 e. The highest BCUT2D eigenvalue weighted by molar-refractivity contribution is 6.03. The molecular weight excluding hydrogens is 244 g/mol. The van der Waals surface area contributed by atoms with Gasteiger partial charge >= 0.3 is 0 Å². The number of fused-ring (bicyclic) bond motifs is 1. The van der Waals surface area contributed by atoms with Crippen LogP contribution in [0.25, 0.3) is 0 Å². The van der Waals surface area contributed by atoms with E-state index in [-0.39, 0.29) is 11.7 Å². The Morgan fingerprint density at radius 1 is 1.42 bits per heavy atom. The lowest BCUT2D eigenvalue weighted by Crippen LogP contribution is -2.45. The molecule has 1 heterocycles. The number of amides is 1. The number of carbonyl (C=O) groups excluding carboxylic acids is 2. The summed E-state index contributed by atoms with van der Waals surface area (Å²) in [7, 11) is 0. The molecule has 1 aromatic rings. The molecule has 1 aliphatic heterocycles. The Hall–Kier alpha value is -1.88. The SMILES string of the molecule is CC1(C)Oc2ccc(C(=O)CCCN)cc2NC1=O. The molecule has 19 heavy (non-hydrogen) atoms. The van der Waals surface area contributed by atoms with Gasteiger partial charge in [-0.2, -0.15) is 0 Å². The highest BCUT2D eigenvalue weighted by atomic mass is 16.5. The molecule has 2 rings (SSSR count). The Morgan fingerprint density at radius 2 is 2.16 bits per heavy atom. The van der Waals surface area contributed by atoms with Crippen molar-refractivity contribution in [3.05, 3.63) is 23.8 Å². The number of ether oxygens (including phenoxy) is 1. The molecule has 0 fully saturated rings. The second-order valence-electron chi connectivity index (χ2n) is 5.09. The third-order valence-corrected chi connectivity index (χ3v) is 3.07. The van der Waals surface area contributed by atoms with Gasteiger partial charge in [0.25, 0.3) is 5.91 Å². The smallest absolute Gasteiger partial charge is 0.268 e. The molecule has 5 nitrogen and oxygen atoms in total. The van der Waals surface area contributed by atoms with E-state index in [1.807, 2.05) is 0 Å². The van der Waals surface area contributed by atoms with Crippen LogP contribution in [0.5, 0.6) is 5.75 Å². The van der Waals surface area contributed by atoms with E-state index in [0.29, 0.717) is 36.4 Å². The fourth-order valence-electron chi connectivity index (χ4n) is 1.89. The van der Waals surface area contributed by atoms with E-state index in [1.165, 1.54) is 0 Å². The first kappa shape index (κ1) is 13.5. The van der Waals surface area contributed by atoms with E-state index in [9.17, 15) is 9.59 Å². The Bertz CT molecular complexity index is 523. The zero-order valence-corrected chi connectivity index (χ0v) is 11.2. The molecule has 0 radical (unpaired) electrons. The molecule has 1 amide bonds. The van der Waals surface area contributed by atoms with Gasteiger partial charge in [0.05, 0.1) is 5.69 Å². The molecule has 0 bridgehead atoms. The molecular formula is C14H18N2O3. The lowest BCUT2D eigenvalue weighted by molar-refractivity contribution is -0.129. The summed E-state index contributed by atoms with van der Waals surface area (Å²) in [4.78, 5) is 23.7. The molecule has 5 heteroatoms. The van der Waals surface area contributed by atoms with Crippen molar-refractivity contribution in [2.45, 2.75) is 32.3 Å². The molecule has 0 aromatic heterocycles. The van der Waals surface area contributed by atoms with Crippen LogP contribution >= 0.6 is 0 Å². The van der Waals surface area contributed by atoms with Crippen LogP contribution in [0.1, 0.15) is 37.0 Å². The molecule has 102 valence electrons. The molecule has 0 unspecified atom stereocenters. The van der Waals surface area contributed by atoms with Crippen molar-refractivity contribution in [1.29, 1.82) is 0 Å². The number of nitrogens with two attached hydrogens (primary N) is 1. The molecule has 0 aliphatic carbocycles. The second kappa shape index (κ2) is 5.01. The van der Waals surface area contributed by atoms with Gasteiger partial charge in [-0.1, -0.05) is 0 Å². The lowest BCUT2D eigenvalue weighted by Gasteiger charge is -2.31. The first-order chi connectivity index (χ1) is 8.94. The third-order valence-electron chi connectivity index (χ3n) is 3.07. The van der Waals surface area contributed by atoms with Gasteiger partial charge in [0, 0.05) is 12.0 Å². The van der Waals surface area contributed by atoms with Crippen molar-refractivity contribution in [2.24, 2.45) is 5.73 Å². The van der Waals surface area contributed by atoms with Crippen LogP contribution in [0.4, 0.5) is 5.69 Å². The number of nitrogens with one attached hydrogen (secondary N) is 1. The normalized spacial score (nSPS) is 16.3. The average molecular weight is 262 g/mol. The topological polar surface area (TPSA) is 81.4 Å². The lowest BCUT2D eigenvalue weighted by atomic mass is 10.0. The molecule has 1 aliphatic rings. The number of carbonyl (C=O) groups is 2. The number of Topliss-reactive ketones (excluding diaryl/α,β-unsaturated/α-hetero) is 1. The monoisotopic (exact) mass is 262 g/mol. The highest BCUT2D eigenvalue weighted by Gasteiger charge is 2.35. The van der Waals surface area contributed by atoms with Gasteiger partial charge in [0.1, 0.15) is 5.75 Å². The van der Waals surface area contributed by atoms with Crippen molar-refractivity contribution in [3.63, 3.8) is 0 Å². The third kappa shape index (κ3) is 2.76. The molecule has 0 atom stereocenters. The summed E-state index contributed by atoms with van der Waals surface area (Å²) < 4.78 is 5.60. The van der Waals surface area contributed by atoms with Crippen LogP contribution < -0.4 is 15.8 Å². The van der Waals surface area contributed by atoms with Crippen LogP contribution in [0.3, 0.4) is 0 Å². The highest BCUT2D eigenvalue weighted by Crippen LogP contribution is 2.34. The Kier molecular flexibility index (Phi) is 3.57. The fourth-order valence-corrected chi connectivity index (χ4v) is 1.89. The van der Waals surface area contributed by atoms with E-state index in [2.05, 4.69) is 5.32 Å². The van der Waals surface area contributed by atoms with Crippen molar-refractivity contribution in [2.75, 3.05) is 11.9 Å². The number of anilines is 1. The number of hydrogen-bond acceptors (Lipinski definition) is 4. The fraction of sp³-hybridized carbons (Fsp3) is 0.429. The van der Waals surface area contributed by atoms with E-state index in [0.717, 1.165) is 0 Å². The van der Waals surface area contributed by atoms with Gasteiger partial charge in [-0.25, -0.2) is 0 Å². The van der Waals surface area contributed by atoms with Crippen LogP contribution in [0.15, 0.2) is 18.2 Å². The van der Waals surface area contributed by atoms with Crippen molar-refractivity contribution in [1.82, 2.24) is 0 Å². The summed E-state index contributed by atoms with van der Waals surface area (Å²) in [5, 5.41) is 2.76. The van der Waals surface area contributed by atoms with Gasteiger partial charge in [0.15, 0.2) is 11.4 Å². The standard InChI is InChI=1S/C14H18N2O3/c1-14(2)13(18)16-10-8-9(5-6-12(10)19-14)11(17)4-3-7-15/h5-6,8H,3-4,7,15H2,1-2H3,(H,16,18). The van der Waals surface area contributed by atoms with Crippen LogP contribution in [-0.2, 0) is 4.79 Å². The van der Waals surface area contributed by atoms with E-state index < -0.39 is 5.60 Å². The van der Waals surface area contributed by atoms with Crippen molar-refractivity contribution >= 4 is 17.4 Å². The van der Waals surface area contributed by atoms with Crippen molar-refractivity contribution < 1.29 is 14.3 Å². The van der Waals surface area contributed by atoms with Crippen LogP contribution in [0.2, 0.25) is 0 Å². The first-order valence-corrected chi connectivity index (χ1v) is 6.32. The predicted octanol–water partition coefficient (Wildman–Crippen LogP) is 1.72. The Balaban J connectivity index is 2.23. The quantitative estimate of drug-likeness (QED) is 0.809. The number of ketones is 1. The van der Waals surface area contributed by atoms with Crippen molar-refractivity contribution in [3.8, 4) is 5.75 Å². The molecule has 0 saturated carbocycles. The Labute approximate surface area is 112 Å². The summed E-state index contributed by atoms with van der Waals surface area (Å²) in [6.45, 7) is 3.89. The summed E-state index contributed by atoms with van der Waals surface area (Å²) >= 11 is 0. The maximum atomic E-state index is 11.9. The van der Waals surface area contributed by atoms with Gasteiger partial charge < -0.3 is 15.8 Å². The van der Waals surface area contributed by atoms with Gasteiger partial charge in [0.2, 0.25) is 0 Å².